The van der Waals surface area contributed by atoms with Gasteiger partial charge in [0, 0.05) is 6.07 Å². The highest BCUT2D eigenvalue weighted by atomic mass is 16.5. The molecule has 2 aromatic rings. The molecule has 0 aromatic heterocycles. The monoisotopic (exact) mass is 273 g/mol. The third-order valence-corrected chi connectivity index (χ3v) is 3.21. The van der Waals surface area contributed by atoms with Crippen LogP contribution < -0.4 is 19.9 Å². The van der Waals surface area contributed by atoms with Gasteiger partial charge >= 0.3 is 0 Å². The summed E-state index contributed by atoms with van der Waals surface area (Å²) in [7, 11) is 4.89. The van der Waals surface area contributed by atoms with E-state index in [2.05, 4.69) is 0 Å². The first-order valence-corrected chi connectivity index (χ1v) is 6.30. The van der Waals surface area contributed by atoms with Crippen LogP contribution in [0.3, 0.4) is 0 Å². The zero-order chi connectivity index (χ0) is 14.5. The van der Waals surface area contributed by atoms with Crippen molar-refractivity contribution in [3.05, 3.63) is 53.6 Å². The van der Waals surface area contributed by atoms with Crippen molar-refractivity contribution in [1.82, 2.24) is 0 Å². The minimum atomic E-state index is -0.245. The van der Waals surface area contributed by atoms with Crippen LogP contribution in [-0.4, -0.2) is 21.3 Å². The first kappa shape index (κ1) is 14.2. The Morgan fingerprint density at radius 2 is 1.20 bits per heavy atom. The largest absolute Gasteiger partial charge is 0.497 e. The van der Waals surface area contributed by atoms with Crippen LogP contribution in [0.1, 0.15) is 17.2 Å². The van der Waals surface area contributed by atoms with E-state index in [1.54, 1.807) is 21.3 Å². The van der Waals surface area contributed by atoms with E-state index in [4.69, 9.17) is 19.9 Å². The third kappa shape index (κ3) is 3.03. The Morgan fingerprint density at radius 3 is 1.65 bits per heavy atom. The van der Waals surface area contributed by atoms with E-state index in [1.165, 1.54) is 0 Å². The first-order chi connectivity index (χ1) is 9.67. The maximum absolute atomic E-state index is 6.30. The van der Waals surface area contributed by atoms with Crippen LogP contribution in [-0.2, 0) is 0 Å². The van der Waals surface area contributed by atoms with Crippen LogP contribution in [0.4, 0.5) is 0 Å². The Morgan fingerprint density at radius 1 is 0.700 bits per heavy atom. The van der Waals surface area contributed by atoms with Gasteiger partial charge in [-0.2, -0.15) is 0 Å². The summed E-state index contributed by atoms with van der Waals surface area (Å²) < 4.78 is 15.7. The molecule has 0 aliphatic rings. The molecule has 1 atom stereocenters. The van der Waals surface area contributed by atoms with Crippen LogP contribution >= 0.6 is 0 Å². The lowest BCUT2D eigenvalue weighted by molar-refractivity contribution is 0.393. The Kier molecular flexibility index (Phi) is 4.48. The summed E-state index contributed by atoms with van der Waals surface area (Å²) in [5, 5.41) is 0. The van der Waals surface area contributed by atoms with Gasteiger partial charge in [-0.1, -0.05) is 12.1 Å². The first-order valence-electron chi connectivity index (χ1n) is 6.30. The van der Waals surface area contributed by atoms with Crippen molar-refractivity contribution < 1.29 is 14.2 Å². The molecule has 0 fully saturated rings. The van der Waals surface area contributed by atoms with Crippen molar-refractivity contribution in [2.75, 3.05) is 21.3 Å². The zero-order valence-corrected chi connectivity index (χ0v) is 11.9. The minimum absolute atomic E-state index is 0.245. The highest BCUT2D eigenvalue weighted by Crippen LogP contribution is 2.29. The van der Waals surface area contributed by atoms with Gasteiger partial charge in [-0.25, -0.2) is 0 Å². The molecule has 2 N–H and O–H groups in total. The molecule has 0 bridgehead atoms. The molecule has 2 rings (SSSR count). The van der Waals surface area contributed by atoms with Gasteiger partial charge in [-0.05, 0) is 35.4 Å². The molecule has 106 valence electrons. The fourth-order valence-electron chi connectivity index (χ4n) is 2.01. The predicted octanol–water partition coefficient (Wildman–Crippen LogP) is 2.76. The summed E-state index contributed by atoms with van der Waals surface area (Å²) in [5.41, 5.74) is 8.24. The highest BCUT2D eigenvalue weighted by Gasteiger charge is 2.12. The molecule has 20 heavy (non-hydrogen) atoms. The Bertz CT molecular complexity index is 544. The van der Waals surface area contributed by atoms with Crippen LogP contribution in [0.15, 0.2) is 42.5 Å². The van der Waals surface area contributed by atoms with Gasteiger partial charge in [-0.15, -0.1) is 0 Å². The Balaban J connectivity index is 2.33. The van der Waals surface area contributed by atoms with Crippen molar-refractivity contribution in [3.63, 3.8) is 0 Å². The molecule has 2 aromatic carbocycles. The standard InChI is InChI=1S/C16H19NO3/c1-18-13-6-4-11(5-7-13)16(17)12-8-14(19-2)10-15(9-12)20-3/h4-10,16H,17H2,1-3H3. The van der Waals surface area contributed by atoms with Crippen LogP contribution in [0, 0.1) is 0 Å². The van der Waals surface area contributed by atoms with Crippen molar-refractivity contribution in [2.24, 2.45) is 5.73 Å². The molecule has 4 heteroatoms. The fraction of sp³-hybridized carbons (Fsp3) is 0.250. The van der Waals surface area contributed by atoms with Gasteiger partial charge in [0.25, 0.3) is 0 Å². The van der Waals surface area contributed by atoms with E-state index in [0.29, 0.717) is 0 Å². The second-order valence-electron chi connectivity index (χ2n) is 4.40. The van der Waals surface area contributed by atoms with E-state index in [1.807, 2.05) is 42.5 Å². The fourth-order valence-corrected chi connectivity index (χ4v) is 2.01. The highest BCUT2D eigenvalue weighted by molar-refractivity contribution is 5.43. The normalized spacial score (nSPS) is 11.8. The molecule has 0 saturated carbocycles. The molecular weight excluding hydrogens is 254 g/mol. The lowest BCUT2D eigenvalue weighted by Crippen LogP contribution is -2.12. The van der Waals surface area contributed by atoms with Gasteiger partial charge < -0.3 is 19.9 Å². The molecular formula is C16H19NO3. The summed E-state index contributed by atoms with van der Waals surface area (Å²) in [6, 6.07) is 13.1. The van der Waals surface area contributed by atoms with Gasteiger partial charge in [-0.3, -0.25) is 0 Å². The number of nitrogens with two attached hydrogens (primary N) is 1. The summed E-state index contributed by atoms with van der Waals surface area (Å²) >= 11 is 0. The van der Waals surface area contributed by atoms with Crippen LogP contribution in [0.25, 0.3) is 0 Å². The lowest BCUT2D eigenvalue weighted by atomic mass is 9.99. The van der Waals surface area contributed by atoms with Gasteiger partial charge in [0.15, 0.2) is 0 Å². The van der Waals surface area contributed by atoms with Crippen molar-refractivity contribution in [2.45, 2.75) is 6.04 Å². The van der Waals surface area contributed by atoms with Crippen LogP contribution in [0.2, 0.25) is 0 Å². The molecule has 0 amide bonds. The Labute approximate surface area is 119 Å². The van der Waals surface area contributed by atoms with E-state index in [9.17, 15) is 0 Å². The van der Waals surface area contributed by atoms with Gasteiger partial charge in [0.2, 0.25) is 0 Å². The number of rotatable bonds is 5. The maximum Gasteiger partial charge on any atom is 0.122 e. The zero-order valence-electron chi connectivity index (χ0n) is 11.9. The number of methoxy groups -OCH3 is 3. The van der Waals surface area contributed by atoms with Crippen molar-refractivity contribution in [3.8, 4) is 17.2 Å². The van der Waals surface area contributed by atoms with Crippen LogP contribution in [0.5, 0.6) is 17.2 Å². The number of hydrogen-bond acceptors (Lipinski definition) is 4. The molecule has 0 saturated heterocycles. The third-order valence-electron chi connectivity index (χ3n) is 3.21. The van der Waals surface area contributed by atoms with E-state index < -0.39 is 0 Å². The summed E-state index contributed by atoms with van der Waals surface area (Å²) in [4.78, 5) is 0. The second kappa shape index (κ2) is 6.30. The maximum atomic E-state index is 6.30. The average molecular weight is 273 g/mol. The SMILES string of the molecule is COc1ccc(C(N)c2cc(OC)cc(OC)c2)cc1. The van der Waals surface area contributed by atoms with Gasteiger partial charge in [0.1, 0.15) is 17.2 Å². The van der Waals surface area contributed by atoms with E-state index >= 15 is 0 Å². The molecule has 0 aliphatic carbocycles. The smallest absolute Gasteiger partial charge is 0.122 e. The van der Waals surface area contributed by atoms with E-state index in [0.717, 1.165) is 28.4 Å². The number of hydrogen-bond donors (Lipinski definition) is 1. The number of benzene rings is 2. The van der Waals surface area contributed by atoms with E-state index in [-0.39, 0.29) is 6.04 Å². The summed E-state index contributed by atoms with van der Waals surface area (Å²) in [5.74, 6) is 2.26. The summed E-state index contributed by atoms with van der Waals surface area (Å²) in [6.45, 7) is 0. The minimum Gasteiger partial charge on any atom is -0.497 e. The molecule has 0 spiro atoms. The van der Waals surface area contributed by atoms with Crippen molar-refractivity contribution >= 4 is 0 Å². The molecule has 4 nitrogen and oxygen atoms in total. The average Bonchev–Trinajstić information content (AvgIpc) is 2.53. The predicted molar refractivity (Wildman–Crippen MR) is 78.6 cm³/mol. The quantitative estimate of drug-likeness (QED) is 0.910. The number of ether oxygens (including phenoxy) is 3. The Hall–Kier alpha value is -2.20. The molecule has 1 unspecified atom stereocenters. The molecule has 0 heterocycles. The second-order valence-corrected chi connectivity index (χ2v) is 4.40. The molecule has 0 aliphatic heterocycles. The molecule has 0 radical (unpaired) electrons. The topological polar surface area (TPSA) is 53.7 Å². The lowest BCUT2D eigenvalue weighted by Gasteiger charge is -2.15. The summed E-state index contributed by atoms with van der Waals surface area (Å²) in [6.07, 6.45) is 0. The van der Waals surface area contributed by atoms with Gasteiger partial charge in [0.05, 0.1) is 27.4 Å². The van der Waals surface area contributed by atoms with Crippen molar-refractivity contribution in [1.29, 1.82) is 0 Å².